The molecule has 1 heteroatoms. The van der Waals surface area contributed by atoms with Crippen molar-refractivity contribution in [2.45, 2.75) is 38.6 Å². The first-order chi connectivity index (χ1) is 3.77. The SMILES string of the molecule is CCC1(C)CCCN1. The second-order valence-corrected chi connectivity index (χ2v) is 2.94. The van der Waals surface area contributed by atoms with Crippen molar-refractivity contribution >= 4 is 0 Å². The molecule has 1 fully saturated rings. The zero-order valence-electron chi connectivity index (χ0n) is 5.83. The highest BCUT2D eigenvalue weighted by molar-refractivity contribution is 4.86. The third kappa shape index (κ3) is 1.03. The van der Waals surface area contributed by atoms with Crippen LogP contribution in [0.1, 0.15) is 33.1 Å². The lowest BCUT2D eigenvalue weighted by atomic mass is 9.98. The third-order valence-corrected chi connectivity index (χ3v) is 2.24. The molecule has 0 bridgehead atoms. The van der Waals surface area contributed by atoms with Crippen molar-refractivity contribution in [3.63, 3.8) is 0 Å². The van der Waals surface area contributed by atoms with Crippen molar-refractivity contribution in [3.05, 3.63) is 0 Å². The average molecular weight is 113 g/mol. The largest absolute Gasteiger partial charge is 0.312 e. The maximum Gasteiger partial charge on any atom is 0.0151 e. The summed E-state index contributed by atoms with van der Waals surface area (Å²) in [6.07, 6.45) is 4.00. The van der Waals surface area contributed by atoms with E-state index in [1.54, 1.807) is 0 Å². The van der Waals surface area contributed by atoms with Crippen molar-refractivity contribution in [3.8, 4) is 0 Å². The molecule has 0 spiro atoms. The molecule has 1 nitrogen and oxygen atoms in total. The molecule has 8 heavy (non-hydrogen) atoms. The van der Waals surface area contributed by atoms with Crippen LogP contribution in [0.2, 0.25) is 0 Å². The Hall–Kier alpha value is -0.0400. The maximum absolute atomic E-state index is 3.48. The predicted molar refractivity (Wildman–Crippen MR) is 35.9 cm³/mol. The molecule has 0 aromatic heterocycles. The smallest absolute Gasteiger partial charge is 0.0151 e. The van der Waals surface area contributed by atoms with E-state index in [1.807, 2.05) is 0 Å². The summed E-state index contributed by atoms with van der Waals surface area (Å²) < 4.78 is 0. The van der Waals surface area contributed by atoms with Crippen LogP contribution in [0.3, 0.4) is 0 Å². The van der Waals surface area contributed by atoms with Crippen molar-refractivity contribution in [1.82, 2.24) is 5.32 Å². The molecule has 48 valence electrons. The van der Waals surface area contributed by atoms with E-state index in [4.69, 9.17) is 0 Å². The zero-order valence-corrected chi connectivity index (χ0v) is 5.83. The average Bonchev–Trinajstić information content (AvgIpc) is 2.17. The number of nitrogens with one attached hydrogen (secondary N) is 1. The first-order valence-electron chi connectivity index (χ1n) is 3.52. The van der Waals surface area contributed by atoms with Crippen molar-refractivity contribution in [1.29, 1.82) is 0 Å². The predicted octanol–water partition coefficient (Wildman–Crippen LogP) is 1.54. The molecule has 1 atom stereocenters. The first kappa shape index (κ1) is 6.09. The molecule has 1 N–H and O–H groups in total. The van der Waals surface area contributed by atoms with Crippen molar-refractivity contribution in [2.75, 3.05) is 6.54 Å². The number of hydrogen-bond donors (Lipinski definition) is 1. The lowest BCUT2D eigenvalue weighted by Gasteiger charge is -2.21. The third-order valence-electron chi connectivity index (χ3n) is 2.24. The summed E-state index contributed by atoms with van der Waals surface area (Å²) in [7, 11) is 0. The number of rotatable bonds is 1. The lowest BCUT2D eigenvalue weighted by Crippen LogP contribution is -2.34. The van der Waals surface area contributed by atoms with Gasteiger partial charge < -0.3 is 5.32 Å². The van der Waals surface area contributed by atoms with Crippen LogP contribution < -0.4 is 5.32 Å². The van der Waals surface area contributed by atoms with Crippen LogP contribution >= 0.6 is 0 Å². The summed E-state index contributed by atoms with van der Waals surface area (Å²) in [6.45, 7) is 5.78. The molecule has 1 aliphatic heterocycles. The lowest BCUT2D eigenvalue weighted by molar-refractivity contribution is 0.401. The van der Waals surface area contributed by atoms with Crippen LogP contribution in [0.25, 0.3) is 0 Å². The monoisotopic (exact) mass is 113 g/mol. The van der Waals surface area contributed by atoms with Gasteiger partial charge in [-0.3, -0.25) is 0 Å². The highest BCUT2D eigenvalue weighted by Gasteiger charge is 2.24. The Kier molecular flexibility index (Phi) is 1.57. The van der Waals surface area contributed by atoms with Gasteiger partial charge in [0.05, 0.1) is 0 Å². The minimum atomic E-state index is 0.486. The summed E-state index contributed by atoms with van der Waals surface area (Å²) in [5.41, 5.74) is 0.486. The van der Waals surface area contributed by atoms with Crippen LogP contribution in [0, 0.1) is 0 Å². The van der Waals surface area contributed by atoms with Gasteiger partial charge >= 0.3 is 0 Å². The number of hydrogen-bond acceptors (Lipinski definition) is 1. The Bertz CT molecular complexity index is 72.5. The van der Waals surface area contributed by atoms with Crippen LogP contribution in [0.15, 0.2) is 0 Å². The normalized spacial score (nSPS) is 38.2. The van der Waals surface area contributed by atoms with Crippen LogP contribution in [-0.2, 0) is 0 Å². The van der Waals surface area contributed by atoms with Crippen molar-refractivity contribution < 1.29 is 0 Å². The molecule has 1 aliphatic rings. The summed E-state index contributed by atoms with van der Waals surface area (Å²) in [5, 5.41) is 3.48. The summed E-state index contributed by atoms with van der Waals surface area (Å²) in [5.74, 6) is 0. The molecule has 0 aromatic rings. The van der Waals surface area contributed by atoms with E-state index >= 15 is 0 Å². The van der Waals surface area contributed by atoms with Gasteiger partial charge in [0.2, 0.25) is 0 Å². The molecule has 0 amide bonds. The Morgan fingerprint density at radius 2 is 2.38 bits per heavy atom. The molecule has 0 aromatic carbocycles. The van der Waals surface area contributed by atoms with E-state index in [2.05, 4.69) is 19.2 Å². The van der Waals surface area contributed by atoms with Gasteiger partial charge in [0.15, 0.2) is 0 Å². The maximum atomic E-state index is 3.48. The minimum Gasteiger partial charge on any atom is -0.312 e. The molecule has 0 saturated carbocycles. The van der Waals surface area contributed by atoms with Gasteiger partial charge in [0.25, 0.3) is 0 Å². The molecule has 0 radical (unpaired) electrons. The van der Waals surface area contributed by atoms with Crippen LogP contribution in [-0.4, -0.2) is 12.1 Å². The highest BCUT2D eigenvalue weighted by Crippen LogP contribution is 2.20. The van der Waals surface area contributed by atoms with E-state index in [-0.39, 0.29) is 0 Å². The fourth-order valence-electron chi connectivity index (χ4n) is 1.26. The summed E-state index contributed by atoms with van der Waals surface area (Å²) in [6, 6.07) is 0. The fourth-order valence-corrected chi connectivity index (χ4v) is 1.26. The Labute approximate surface area is 51.5 Å². The molecule has 1 heterocycles. The van der Waals surface area contributed by atoms with Gasteiger partial charge in [-0.2, -0.15) is 0 Å². The second-order valence-electron chi connectivity index (χ2n) is 2.94. The molecule has 1 unspecified atom stereocenters. The van der Waals surface area contributed by atoms with Gasteiger partial charge in [-0.25, -0.2) is 0 Å². The quantitative estimate of drug-likeness (QED) is 0.544. The van der Waals surface area contributed by atoms with Gasteiger partial charge in [-0.05, 0) is 32.7 Å². The second kappa shape index (κ2) is 2.06. The topological polar surface area (TPSA) is 12.0 Å². The molecular formula is C7H15N. The zero-order chi connectivity index (χ0) is 6.04. The van der Waals surface area contributed by atoms with E-state index in [0.29, 0.717) is 5.54 Å². The van der Waals surface area contributed by atoms with Gasteiger partial charge in [0, 0.05) is 5.54 Å². The van der Waals surface area contributed by atoms with Crippen LogP contribution in [0.4, 0.5) is 0 Å². The fraction of sp³-hybridized carbons (Fsp3) is 1.00. The van der Waals surface area contributed by atoms with E-state index in [9.17, 15) is 0 Å². The van der Waals surface area contributed by atoms with Gasteiger partial charge in [-0.15, -0.1) is 0 Å². The van der Waals surface area contributed by atoms with Crippen LogP contribution in [0.5, 0.6) is 0 Å². The highest BCUT2D eigenvalue weighted by atomic mass is 15.0. The van der Waals surface area contributed by atoms with Crippen molar-refractivity contribution in [2.24, 2.45) is 0 Å². The van der Waals surface area contributed by atoms with E-state index in [0.717, 1.165) is 0 Å². The Morgan fingerprint density at radius 3 is 2.62 bits per heavy atom. The van der Waals surface area contributed by atoms with E-state index in [1.165, 1.54) is 25.8 Å². The standard InChI is InChI=1S/C7H15N/c1-3-7(2)5-4-6-8-7/h8H,3-6H2,1-2H3. The Balaban J connectivity index is 2.40. The molecule has 1 saturated heterocycles. The van der Waals surface area contributed by atoms with Gasteiger partial charge in [-0.1, -0.05) is 6.92 Å². The van der Waals surface area contributed by atoms with Gasteiger partial charge in [0.1, 0.15) is 0 Å². The van der Waals surface area contributed by atoms with E-state index < -0.39 is 0 Å². The summed E-state index contributed by atoms with van der Waals surface area (Å²) in [4.78, 5) is 0. The molecule has 0 aliphatic carbocycles. The molecule has 1 rings (SSSR count). The first-order valence-corrected chi connectivity index (χ1v) is 3.52. The summed E-state index contributed by atoms with van der Waals surface area (Å²) >= 11 is 0. The minimum absolute atomic E-state index is 0.486. The molecular weight excluding hydrogens is 98.1 g/mol. The Morgan fingerprint density at radius 1 is 1.62 bits per heavy atom.